The van der Waals surface area contributed by atoms with Gasteiger partial charge in [-0.1, -0.05) is 6.92 Å². The summed E-state index contributed by atoms with van der Waals surface area (Å²) in [6.07, 6.45) is 3.88. The summed E-state index contributed by atoms with van der Waals surface area (Å²) < 4.78 is 24.4. The van der Waals surface area contributed by atoms with Crippen molar-refractivity contribution < 1.29 is 13.2 Å². The summed E-state index contributed by atoms with van der Waals surface area (Å²) in [6, 6.07) is 0.219. The van der Waals surface area contributed by atoms with Gasteiger partial charge in [0.05, 0.1) is 6.26 Å². The van der Waals surface area contributed by atoms with Crippen LogP contribution in [0, 0.1) is 11.8 Å². The molecule has 2 fully saturated rings. The molecule has 0 aromatic rings. The monoisotopic (exact) mass is 303 g/mol. The van der Waals surface area contributed by atoms with Crippen LogP contribution in [0.25, 0.3) is 0 Å². The van der Waals surface area contributed by atoms with E-state index in [1.165, 1.54) is 10.6 Å². The van der Waals surface area contributed by atoms with Crippen molar-refractivity contribution in [2.45, 2.75) is 32.2 Å². The van der Waals surface area contributed by atoms with Gasteiger partial charge in [0.15, 0.2) is 0 Å². The van der Waals surface area contributed by atoms with E-state index in [1.54, 1.807) is 0 Å². The van der Waals surface area contributed by atoms with E-state index in [1.807, 2.05) is 4.90 Å². The Morgan fingerprint density at radius 2 is 1.75 bits per heavy atom. The molecule has 0 aromatic heterocycles. The van der Waals surface area contributed by atoms with Gasteiger partial charge in [-0.25, -0.2) is 8.42 Å². The van der Waals surface area contributed by atoms with Crippen LogP contribution < -0.4 is 5.73 Å². The fourth-order valence-corrected chi connectivity index (χ4v) is 4.11. The molecule has 1 aliphatic heterocycles. The fourth-order valence-electron chi connectivity index (χ4n) is 3.28. The number of sulfonamides is 1. The van der Waals surface area contributed by atoms with Crippen molar-refractivity contribution in [3.8, 4) is 0 Å². The van der Waals surface area contributed by atoms with Gasteiger partial charge >= 0.3 is 0 Å². The molecule has 20 heavy (non-hydrogen) atoms. The number of hydrogen-bond donors (Lipinski definition) is 1. The van der Waals surface area contributed by atoms with Crippen LogP contribution in [-0.4, -0.2) is 62.0 Å². The number of nitrogens with zero attached hydrogens (tertiary/aromatic N) is 2. The predicted octanol–water partition coefficient (Wildman–Crippen LogP) is -0.146. The van der Waals surface area contributed by atoms with Gasteiger partial charge in [-0.3, -0.25) is 4.79 Å². The maximum absolute atomic E-state index is 12.5. The molecule has 0 radical (unpaired) electrons. The zero-order valence-electron chi connectivity index (χ0n) is 12.3. The SMILES string of the molecule is CC1CC(N)CCC1C(=O)N1CCN(S(C)(=O)=O)CC1. The van der Waals surface area contributed by atoms with Crippen LogP contribution in [0.15, 0.2) is 0 Å². The maximum atomic E-state index is 12.5. The third-order valence-corrected chi connectivity index (χ3v) is 5.85. The van der Waals surface area contributed by atoms with Gasteiger partial charge in [0, 0.05) is 38.1 Å². The second-order valence-corrected chi connectivity index (χ2v) is 8.13. The number of rotatable bonds is 2. The van der Waals surface area contributed by atoms with Crippen LogP contribution in [0.2, 0.25) is 0 Å². The quantitative estimate of drug-likeness (QED) is 0.769. The topological polar surface area (TPSA) is 83.7 Å². The van der Waals surface area contributed by atoms with Gasteiger partial charge in [-0.15, -0.1) is 0 Å². The minimum atomic E-state index is -3.14. The number of hydrogen-bond acceptors (Lipinski definition) is 4. The Kier molecular flexibility index (Phi) is 4.71. The molecule has 0 spiro atoms. The Hall–Kier alpha value is -0.660. The van der Waals surface area contributed by atoms with E-state index in [0.29, 0.717) is 32.1 Å². The average Bonchev–Trinajstić information content (AvgIpc) is 2.37. The minimum Gasteiger partial charge on any atom is -0.340 e. The molecule has 2 rings (SSSR count). The highest BCUT2D eigenvalue weighted by Crippen LogP contribution is 2.30. The van der Waals surface area contributed by atoms with Crippen molar-refractivity contribution >= 4 is 15.9 Å². The van der Waals surface area contributed by atoms with E-state index in [2.05, 4.69) is 6.92 Å². The second-order valence-electron chi connectivity index (χ2n) is 6.14. The van der Waals surface area contributed by atoms with Crippen LogP contribution in [0.5, 0.6) is 0 Å². The molecule has 3 unspecified atom stereocenters. The van der Waals surface area contributed by atoms with E-state index >= 15 is 0 Å². The summed E-state index contributed by atoms with van der Waals surface area (Å²) in [6.45, 7) is 3.91. The van der Waals surface area contributed by atoms with Gasteiger partial charge in [0.2, 0.25) is 15.9 Å². The molecule has 1 saturated carbocycles. The third kappa shape index (κ3) is 3.51. The first-order valence-electron chi connectivity index (χ1n) is 7.28. The van der Waals surface area contributed by atoms with Gasteiger partial charge < -0.3 is 10.6 Å². The highest BCUT2D eigenvalue weighted by molar-refractivity contribution is 7.88. The predicted molar refractivity (Wildman–Crippen MR) is 77.5 cm³/mol. The van der Waals surface area contributed by atoms with Gasteiger partial charge in [0.1, 0.15) is 0 Å². The summed E-state index contributed by atoms with van der Waals surface area (Å²) in [5, 5.41) is 0. The molecule has 6 nitrogen and oxygen atoms in total. The molecule has 1 saturated heterocycles. The third-order valence-electron chi connectivity index (χ3n) is 4.55. The molecule has 1 amide bonds. The van der Waals surface area contributed by atoms with Gasteiger partial charge in [0.25, 0.3) is 0 Å². The smallest absolute Gasteiger partial charge is 0.226 e. The highest BCUT2D eigenvalue weighted by Gasteiger charge is 2.35. The van der Waals surface area contributed by atoms with Crippen molar-refractivity contribution in [3.63, 3.8) is 0 Å². The molecular formula is C13H25N3O3S. The van der Waals surface area contributed by atoms with Crippen LogP contribution in [0.3, 0.4) is 0 Å². The molecule has 0 aromatic carbocycles. The van der Waals surface area contributed by atoms with E-state index in [4.69, 9.17) is 5.73 Å². The first-order chi connectivity index (χ1) is 9.29. The number of nitrogens with two attached hydrogens (primary N) is 1. The van der Waals surface area contributed by atoms with Crippen molar-refractivity contribution in [3.05, 3.63) is 0 Å². The molecular weight excluding hydrogens is 278 g/mol. The molecule has 1 heterocycles. The lowest BCUT2D eigenvalue weighted by Crippen LogP contribution is -2.53. The summed E-state index contributed by atoms with van der Waals surface area (Å²) >= 11 is 0. The second kappa shape index (κ2) is 5.99. The van der Waals surface area contributed by atoms with Crippen molar-refractivity contribution in [2.75, 3.05) is 32.4 Å². The Labute approximate surface area is 121 Å². The van der Waals surface area contributed by atoms with Crippen molar-refractivity contribution in [1.82, 2.24) is 9.21 Å². The summed E-state index contributed by atoms with van der Waals surface area (Å²) in [7, 11) is -3.14. The molecule has 7 heteroatoms. The normalized spacial score (nSPS) is 33.1. The molecule has 0 bridgehead atoms. The Balaban J connectivity index is 1.92. The maximum Gasteiger partial charge on any atom is 0.226 e. The number of carbonyl (C=O) groups excluding carboxylic acids is 1. The number of amides is 1. The highest BCUT2D eigenvalue weighted by atomic mass is 32.2. The van der Waals surface area contributed by atoms with E-state index in [0.717, 1.165) is 19.3 Å². The van der Waals surface area contributed by atoms with Crippen molar-refractivity contribution in [1.29, 1.82) is 0 Å². The Morgan fingerprint density at radius 1 is 1.15 bits per heavy atom. The Bertz CT molecular complexity index is 457. The van der Waals surface area contributed by atoms with Gasteiger partial charge in [-0.2, -0.15) is 4.31 Å². The van der Waals surface area contributed by atoms with Gasteiger partial charge in [-0.05, 0) is 25.2 Å². The van der Waals surface area contributed by atoms with Crippen LogP contribution >= 0.6 is 0 Å². The molecule has 116 valence electrons. The Morgan fingerprint density at radius 3 is 2.25 bits per heavy atom. The number of piperazine rings is 1. The van der Waals surface area contributed by atoms with Crippen LogP contribution in [0.1, 0.15) is 26.2 Å². The first-order valence-corrected chi connectivity index (χ1v) is 9.13. The summed E-state index contributed by atoms with van der Waals surface area (Å²) in [5.41, 5.74) is 5.93. The molecule has 1 aliphatic carbocycles. The zero-order chi connectivity index (χ0) is 14.9. The largest absolute Gasteiger partial charge is 0.340 e. The molecule has 3 atom stereocenters. The standard InChI is InChI=1S/C13H25N3O3S/c1-10-9-11(14)3-4-12(10)13(17)15-5-7-16(8-6-15)20(2,18)19/h10-12H,3-9,14H2,1-2H3. The van der Waals surface area contributed by atoms with Crippen LogP contribution in [-0.2, 0) is 14.8 Å². The molecule has 2 N–H and O–H groups in total. The van der Waals surface area contributed by atoms with Crippen molar-refractivity contribution in [2.24, 2.45) is 17.6 Å². The van der Waals surface area contributed by atoms with E-state index in [9.17, 15) is 13.2 Å². The lowest BCUT2D eigenvalue weighted by atomic mass is 9.77. The average molecular weight is 303 g/mol. The minimum absolute atomic E-state index is 0.0552. The molecule has 2 aliphatic rings. The first kappa shape index (κ1) is 15.7. The lowest BCUT2D eigenvalue weighted by Gasteiger charge is -2.38. The lowest BCUT2D eigenvalue weighted by molar-refractivity contribution is -0.139. The summed E-state index contributed by atoms with van der Waals surface area (Å²) in [4.78, 5) is 14.4. The van der Waals surface area contributed by atoms with Crippen LogP contribution in [0.4, 0.5) is 0 Å². The van der Waals surface area contributed by atoms with E-state index < -0.39 is 10.0 Å². The summed E-state index contributed by atoms with van der Waals surface area (Å²) in [5.74, 6) is 0.552. The number of carbonyl (C=O) groups is 1. The zero-order valence-corrected chi connectivity index (χ0v) is 13.1. The van der Waals surface area contributed by atoms with E-state index in [-0.39, 0.29) is 17.9 Å². The fraction of sp³-hybridized carbons (Fsp3) is 0.923.